The van der Waals surface area contributed by atoms with Crippen molar-refractivity contribution in [3.63, 3.8) is 0 Å². The number of phenolic OH excluding ortho intramolecular Hbond substituents is 1. The van der Waals surface area contributed by atoms with Crippen LogP contribution in [0.3, 0.4) is 0 Å². The molecule has 0 radical (unpaired) electrons. The van der Waals surface area contributed by atoms with Gasteiger partial charge in [-0.3, -0.25) is 4.79 Å². The summed E-state index contributed by atoms with van der Waals surface area (Å²) in [6, 6.07) is 1.78. The van der Waals surface area contributed by atoms with Crippen LogP contribution in [0.4, 0.5) is 0 Å². The predicted molar refractivity (Wildman–Crippen MR) is 69.6 cm³/mol. The minimum absolute atomic E-state index is 0.157. The van der Waals surface area contributed by atoms with E-state index >= 15 is 0 Å². The second-order valence-corrected chi connectivity index (χ2v) is 5.75. The fourth-order valence-corrected chi connectivity index (χ4v) is 2.05. The molecule has 0 aliphatic heterocycles. The van der Waals surface area contributed by atoms with Crippen molar-refractivity contribution in [2.75, 3.05) is 0 Å². The number of benzene rings is 1. The molecular weight excluding hydrogens is 303 g/mol. The zero-order valence-corrected chi connectivity index (χ0v) is 11.5. The maximum atomic E-state index is 10.9. The predicted octanol–water partition coefficient (Wildman–Crippen LogP) is 3.42. The highest BCUT2D eigenvalue weighted by Crippen LogP contribution is 2.36. The van der Waals surface area contributed by atoms with Gasteiger partial charge < -0.3 is 5.11 Å². The Morgan fingerprint density at radius 1 is 1.40 bits per heavy atom. The molecule has 0 saturated carbocycles. The highest BCUT2D eigenvalue weighted by Gasteiger charge is 2.22. The summed E-state index contributed by atoms with van der Waals surface area (Å²) >= 11 is 2.07. The van der Waals surface area contributed by atoms with Gasteiger partial charge in [0.1, 0.15) is 12.0 Å². The first-order chi connectivity index (χ1) is 6.79. The van der Waals surface area contributed by atoms with Gasteiger partial charge in [-0.25, -0.2) is 0 Å². The number of hydrogen-bond acceptors (Lipinski definition) is 2. The van der Waals surface area contributed by atoms with Crippen LogP contribution in [0.1, 0.15) is 42.3 Å². The van der Waals surface area contributed by atoms with Crippen LogP contribution in [0, 0.1) is 10.5 Å². The molecule has 1 aromatic carbocycles. The first kappa shape index (κ1) is 12.5. The molecule has 0 spiro atoms. The number of carbonyl (C=O) groups excluding carboxylic acids is 1. The fraction of sp³-hybridized carbons (Fsp3) is 0.417. The minimum atomic E-state index is -0.157. The van der Waals surface area contributed by atoms with Crippen molar-refractivity contribution in [1.82, 2.24) is 0 Å². The van der Waals surface area contributed by atoms with Crippen molar-refractivity contribution in [2.24, 2.45) is 0 Å². The summed E-state index contributed by atoms with van der Waals surface area (Å²) in [4.78, 5) is 10.9. The molecule has 82 valence electrons. The van der Waals surface area contributed by atoms with E-state index in [1.807, 2.05) is 27.7 Å². The van der Waals surface area contributed by atoms with Crippen molar-refractivity contribution in [1.29, 1.82) is 0 Å². The SMILES string of the molecule is Cc1c(C=O)cc(C(C)(C)C)c(O)c1I. The summed E-state index contributed by atoms with van der Waals surface area (Å²) < 4.78 is 0.766. The molecule has 0 aliphatic carbocycles. The van der Waals surface area contributed by atoms with Crippen LogP contribution in [0.15, 0.2) is 6.07 Å². The standard InChI is InChI=1S/C12H15IO2/c1-7-8(6-14)5-9(12(2,3)4)11(15)10(7)13/h5-6,15H,1-4H3. The highest BCUT2D eigenvalue weighted by molar-refractivity contribution is 14.1. The van der Waals surface area contributed by atoms with Crippen molar-refractivity contribution in [2.45, 2.75) is 33.1 Å². The van der Waals surface area contributed by atoms with Crippen LogP contribution in [0.25, 0.3) is 0 Å². The normalized spacial score (nSPS) is 11.5. The largest absolute Gasteiger partial charge is 0.507 e. The topological polar surface area (TPSA) is 37.3 Å². The second-order valence-electron chi connectivity index (χ2n) is 4.67. The molecule has 1 aromatic rings. The molecular formula is C12H15IO2. The van der Waals surface area contributed by atoms with Gasteiger partial charge in [-0.15, -0.1) is 0 Å². The Hall–Kier alpha value is -0.580. The lowest BCUT2D eigenvalue weighted by atomic mass is 9.84. The van der Waals surface area contributed by atoms with E-state index in [0.29, 0.717) is 11.3 Å². The van der Waals surface area contributed by atoms with Crippen LogP contribution in [0.2, 0.25) is 0 Å². The monoisotopic (exact) mass is 318 g/mol. The quantitative estimate of drug-likeness (QED) is 0.636. The lowest BCUT2D eigenvalue weighted by Crippen LogP contribution is -2.13. The Kier molecular flexibility index (Phi) is 3.43. The van der Waals surface area contributed by atoms with Crippen molar-refractivity contribution in [3.05, 3.63) is 26.3 Å². The summed E-state index contributed by atoms with van der Waals surface area (Å²) in [7, 11) is 0. The van der Waals surface area contributed by atoms with Gasteiger partial charge in [0.15, 0.2) is 0 Å². The number of halogens is 1. The van der Waals surface area contributed by atoms with Gasteiger partial charge in [0, 0.05) is 11.1 Å². The number of aromatic hydroxyl groups is 1. The summed E-state index contributed by atoms with van der Waals surface area (Å²) in [5.41, 5.74) is 2.16. The molecule has 0 unspecified atom stereocenters. The van der Waals surface area contributed by atoms with Crippen molar-refractivity contribution < 1.29 is 9.90 Å². The number of phenols is 1. The van der Waals surface area contributed by atoms with E-state index in [4.69, 9.17) is 0 Å². The third kappa shape index (κ3) is 2.33. The summed E-state index contributed by atoms with van der Waals surface area (Å²) in [5, 5.41) is 10.0. The molecule has 0 aliphatic rings. The van der Waals surface area contributed by atoms with Crippen molar-refractivity contribution >= 4 is 28.9 Å². The molecule has 0 saturated heterocycles. The zero-order valence-electron chi connectivity index (χ0n) is 9.39. The van der Waals surface area contributed by atoms with E-state index in [-0.39, 0.29) is 5.41 Å². The maximum absolute atomic E-state index is 10.9. The van der Waals surface area contributed by atoms with E-state index < -0.39 is 0 Å². The van der Waals surface area contributed by atoms with Crippen LogP contribution < -0.4 is 0 Å². The Morgan fingerprint density at radius 2 is 1.93 bits per heavy atom. The van der Waals surface area contributed by atoms with E-state index in [1.165, 1.54) is 0 Å². The maximum Gasteiger partial charge on any atom is 0.150 e. The molecule has 0 aromatic heterocycles. The average Bonchev–Trinajstić information content (AvgIpc) is 2.13. The summed E-state index contributed by atoms with van der Waals surface area (Å²) in [5.74, 6) is 0.297. The van der Waals surface area contributed by atoms with Crippen LogP contribution >= 0.6 is 22.6 Å². The molecule has 0 amide bonds. The van der Waals surface area contributed by atoms with Crippen LogP contribution in [-0.4, -0.2) is 11.4 Å². The first-order valence-corrected chi connectivity index (χ1v) is 5.84. The van der Waals surface area contributed by atoms with Gasteiger partial charge >= 0.3 is 0 Å². The lowest BCUT2D eigenvalue weighted by molar-refractivity contribution is 0.112. The van der Waals surface area contributed by atoms with Crippen molar-refractivity contribution in [3.8, 4) is 5.75 Å². The van der Waals surface area contributed by atoms with Gasteiger partial charge in [0.2, 0.25) is 0 Å². The Bertz CT molecular complexity index is 403. The molecule has 0 bridgehead atoms. The van der Waals surface area contributed by atoms with E-state index in [1.54, 1.807) is 6.07 Å². The Labute approximate surface area is 104 Å². The van der Waals surface area contributed by atoms with Gasteiger partial charge in [-0.1, -0.05) is 20.8 Å². The first-order valence-electron chi connectivity index (χ1n) is 4.76. The minimum Gasteiger partial charge on any atom is -0.507 e. The lowest BCUT2D eigenvalue weighted by Gasteiger charge is -2.22. The smallest absolute Gasteiger partial charge is 0.150 e. The number of carbonyl (C=O) groups is 1. The van der Waals surface area contributed by atoms with Gasteiger partial charge in [-0.2, -0.15) is 0 Å². The molecule has 0 fully saturated rings. The van der Waals surface area contributed by atoms with E-state index in [0.717, 1.165) is 21.0 Å². The Balaban J connectivity index is 3.56. The van der Waals surface area contributed by atoms with Gasteiger partial charge in [0.05, 0.1) is 3.57 Å². The van der Waals surface area contributed by atoms with E-state index in [2.05, 4.69) is 22.6 Å². The molecule has 2 nitrogen and oxygen atoms in total. The fourth-order valence-electron chi connectivity index (χ4n) is 1.45. The zero-order chi connectivity index (χ0) is 11.8. The number of aldehydes is 1. The summed E-state index contributed by atoms with van der Waals surface area (Å²) in [6.45, 7) is 7.89. The molecule has 3 heteroatoms. The average molecular weight is 318 g/mol. The molecule has 15 heavy (non-hydrogen) atoms. The molecule has 1 rings (SSSR count). The van der Waals surface area contributed by atoms with E-state index in [9.17, 15) is 9.90 Å². The van der Waals surface area contributed by atoms with Crippen LogP contribution in [-0.2, 0) is 5.41 Å². The summed E-state index contributed by atoms with van der Waals surface area (Å²) in [6.07, 6.45) is 0.839. The Morgan fingerprint density at radius 3 is 2.33 bits per heavy atom. The third-order valence-corrected chi connectivity index (χ3v) is 3.78. The van der Waals surface area contributed by atoms with Gasteiger partial charge in [0.25, 0.3) is 0 Å². The van der Waals surface area contributed by atoms with Crippen LogP contribution in [0.5, 0.6) is 5.75 Å². The number of hydrogen-bond donors (Lipinski definition) is 1. The number of rotatable bonds is 1. The third-order valence-electron chi connectivity index (χ3n) is 2.46. The molecule has 0 atom stereocenters. The molecule has 0 heterocycles. The molecule has 1 N–H and O–H groups in total. The second kappa shape index (κ2) is 4.12. The highest BCUT2D eigenvalue weighted by atomic mass is 127. The van der Waals surface area contributed by atoms with Gasteiger partial charge in [-0.05, 0) is 46.6 Å².